The maximum atomic E-state index is 12.7. The van der Waals surface area contributed by atoms with Gasteiger partial charge in [-0.15, -0.1) is 10.2 Å². The lowest BCUT2D eigenvalue weighted by Crippen LogP contribution is -2.52. The molecule has 3 heterocycles. The fraction of sp³-hybridized carbons (Fsp3) is 0.600. The molecule has 31 heavy (non-hydrogen) atoms. The summed E-state index contributed by atoms with van der Waals surface area (Å²) < 4.78 is 4.95. The Morgan fingerprint density at radius 2 is 1.90 bits per heavy atom. The molecule has 1 aromatic rings. The summed E-state index contributed by atoms with van der Waals surface area (Å²) in [5, 5.41) is 11.3. The molecule has 0 radical (unpaired) electrons. The van der Waals surface area contributed by atoms with Gasteiger partial charge in [0.25, 0.3) is 11.8 Å². The second-order valence-corrected chi connectivity index (χ2v) is 8.42. The molecule has 4 rings (SSSR count). The molecule has 11 nitrogen and oxygen atoms in total. The first kappa shape index (κ1) is 21.0. The van der Waals surface area contributed by atoms with Crippen LogP contribution < -0.4 is 15.6 Å². The number of hydrogen-bond acceptors (Lipinski definition) is 8. The number of hydrazine groups is 1. The zero-order valence-corrected chi connectivity index (χ0v) is 17.4. The Balaban J connectivity index is 1.28. The van der Waals surface area contributed by atoms with E-state index >= 15 is 0 Å². The van der Waals surface area contributed by atoms with Crippen LogP contribution in [0.25, 0.3) is 0 Å². The monoisotopic (exact) mass is 430 g/mol. The number of hydrogen-bond donors (Lipinski definition) is 2. The summed E-state index contributed by atoms with van der Waals surface area (Å²) in [5.41, 5.74) is 1.24. The van der Waals surface area contributed by atoms with Gasteiger partial charge in [0.1, 0.15) is 5.54 Å². The van der Waals surface area contributed by atoms with Gasteiger partial charge in [-0.3, -0.25) is 15.0 Å². The van der Waals surface area contributed by atoms with Crippen molar-refractivity contribution in [2.45, 2.75) is 51.0 Å². The fourth-order valence-electron chi connectivity index (χ4n) is 4.23. The van der Waals surface area contributed by atoms with Crippen LogP contribution in [0.2, 0.25) is 0 Å². The number of amides is 4. The number of esters is 1. The van der Waals surface area contributed by atoms with E-state index in [0.717, 1.165) is 38.8 Å². The minimum atomic E-state index is -0.958. The Morgan fingerprint density at radius 3 is 2.55 bits per heavy atom. The van der Waals surface area contributed by atoms with Gasteiger partial charge in [-0.05, 0) is 56.6 Å². The molecule has 2 N–H and O–H groups in total. The highest BCUT2D eigenvalue weighted by Gasteiger charge is 2.52. The maximum Gasteiger partial charge on any atom is 0.359 e. The van der Waals surface area contributed by atoms with E-state index < -0.39 is 36.0 Å². The molecule has 3 aliphatic rings. The minimum Gasteiger partial charge on any atom is -0.451 e. The molecule has 1 aromatic heterocycles. The van der Waals surface area contributed by atoms with Crippen molar-refractivity contribution >= 4 is 29.6 Å². The summed E-state index contributed by atoms with van der Waals surface area (Å²) in [5.74, 6) is -0.903. The molecule has 1 aliphatic carbocycles. The van der Waals surface area contributed by atoms with Gasteiger partial charge in [-0.25, -0.2) is 9.59 Å². The van der Waals surface area contributed by atoms with Crippen LogP contribution in [0.4, 0.5) is 10.6 Å². The fourth-order valence-corrected chi connectivity index (χ4v) is 4.23. The molecule has 0 atom stereocenters. The number of nitrogens with one attached hydrogen (secondary N) is 2. The molecule has 0 unspecified atom stereocenters. The van der Waals surface area contributed by atoms with Gasteiger partial charge in [0, 0.05) is 13.1 Å². The third-order valence-electron chi connectivity index (χ3n) is 6.15. The third kappa shape index (κ3) is 4.30. The van der Waals surface area contributed by atoms with Gasteiger partial charge in [-0.1, -0.05) is 6.92 Å². The first-order valence-corrected chi connectivity index (χ1v) is 10.6. The average molecular weight is 430 g/mol. The smallest absolute Gasteiger partial charge is 0.359 e. The lowest BCUT2D eigenvalue weighted by atomic mass is 9.77. The Bertz CT molecular complexity index is 875. The van der Waals surface area contributed by atoms with Gasteiger partial charge in [0.05, 0.1) is 0 Å². The molecule has 3 fully saturated rings. The number of imide groups is 1. The van der Waals surface area contributed by atoms with Gasteiger partial charge in [-0.2, -0.15) is 5.01 Å². The SMILES string of the molecule is CC1CCC2(CC1)NC(=O)N(NC(=O)COC(=O)c1ccc(N3CCCC3)nn1)C2=O. The van der Waals surface area contributed by atoms with Crippen LogP contribution in [-0.4, -0.2) is 64.3 Å². The molecule has 11 heteroatoms. The number of nitrogens with zero attached hydrogens (tertiary/aromatic N) is 4. The van der Waals surface area contributed by atoms with Crippen molar-refractivity contribution in [3.63, 3.8) is 0 Å². The summed E-state index contributed by atoms with van der Waals surface area (Å²) in [6.45, 7) is 3.26. The predicted molar refractivity (Wildman–Crippen MR) is 108 cm³/mol. The van der Waals surface area contributed by atoms with Gasteiger partial charge < -0.3 is 15.0 Å². The summed E-state index contributed by atoms with van der Waals surface area (Å²) in [4.78, 5) is 51.3. The lowest BCUT2D eigenvalue weighted by Gasteiger charge is -2.33. The Morgan fingerprint density at radius 1 is 1.19 bits per heavy atom. The van der Waals surface area contributed by atoms with E-state index in [4.69, 9.17) is 4.74 Å². The number of anilines is 1. The van der Waals surface area contributed by atoms with E-state index in [0.29, 0.717) is 29.6 Å². The summed E-state index contributed by atoms with van der Waals surface area (Å²) in [6, 6.07) is 2.50. The van der Waals surface area contributed by atoms with E-state index in [2.05, 4.69) is 32.8 Å². The first-order chi connectivity index (χ1) is 14.9. The largest absolute Gasteiger partial charge is 0.451 e. The normalized spacial score (nSPS) is 25.6. The second-order valence-electron chi connectivity index (χ2n) is 8.42. The number of urea groups is 1. The highest BCUT2D eigenvalue weighted by atomic mass is 16.5. The average Bonchev–Trinajstić information content (AvgIpc) is 3.38. The van der Waals surface area contributed by atoms with E-state index in [1.165, 1.54) is 6.07 Å². The molecule has 166 valence electrons. The van der Waals surface area contributed by atoms with Crippen molar-refractivity contribution in [3.05, 3.63) is 17.8 Å². The molecule has 1 saturated carbocycles. The molecular formula is C20H26N6O5. The van der Waals surface area contributed by atoms with Crippen molar-refractivity contribution in [2.24, 2.45) is 5.92 Å². The number of aromatic nitrogens is 2. The van der Waals surface area contributed by atoms with Crippen LogP contribution in [0.5, 0.6) is 0 Å². The Labute approximate surface area is 179 Å². The van der Waals surface area contributed by atoms with Crippen LogP contribution in [0.3, 0.4) is 0 Å². The number of ether oxygens (including phenoxy) is 1. The molecule has 1 spiro atoms. The van der Waals surface area contributed by atoms with Gasteiger partial charge in [0.2, 0.25) is 0 Å². The van der Waals surface area contributed by atoms with Crippen LogP contribution in [0.15, 0.2) is 12.1 Å². The predicted octanol–water partition coefficient (Wildman–Crippen LogP) is 0.766. The molecule has 2 saturated heterocycles. The second kappa shape index (κ2) is 8.48. The van der Waals surface area contributed by atoms with Crippen LogP contribution >= 0.6 is 0 Å². The topological polar surface area (TPSA) is 134 Å². The summed E-state index contributed by atoms with van der Waals surface area (Å²) in [7, 11) is 0. The van der Waals surface area contributed by atoms with E-state index in [-0.39, 0.29) is 5.69 Å². The maximum absolute atomic E-state index is 12.7. The van der Waals surface area contributed by atoms with E-state index in [1.54, 1.807) is 6.07 Å². The highest BCUT2D eigenvalue weighted by molar-refractivity contribution is 6.08. The van der Waals surface area contributed by atoms with Gasteiger partial charge in [0.15, 0.2) is 18.1 Å². The first-order valence-electron chi connectivity index (χ1n) is 10.6. The lowest BCUT2D eigenvalue weighted by molar-refractivity contribution is -0.141. The van der Waals surface area contributed by atoms with Crippen molar-refractivity contribution in [2.75, 3.05) is 24.6 Å². The van der Waals surface area contributed by atoms with Crippen molar-refractivity contribution in [1.29, 1.82) is 0 Å². The molecule has 0 aromatic carbocycles. The molecule has 2 aliphatic heterocycles. The van der Waals surface area contributed by atoms with Crippen LogP contribution in [-0.2, 0) is 14.3 Å². The molecule has 4 amide bonds. The highest BCUT2D eigenvalue weighted by Crippen LogP contribution is 2.35. The van der Waals surface area contributed by atoms with E-state index in [1.807, 2.05) is 0 Å². The van der Waals surface area contributed by atoms with Crippen LogP contribution in [0.1, 0.15) is 55.9 Å². The standard InChI is InChI=1S/C20H26N6O5/c1-13-6-8-20(9-7-13)18(29)26(19(30)21-20)24-16(27)12-31-17(28)14-4-5-15(23-22-14)25-10-2-3-11-25/h4-5,13H,2-3,6-12H2,1H3,(H,21,30)(H,24,27). The van der Waals surface area contributed by atoms with Crippen LogP contribution in [0, 0.1) is 5.92 Å². The van der Waals surface area contributed by atoms with E-state index in [9.17, 15) is 19.2 Å². The minimum absolute atomic E-state index is 0.0268. The Kier molecular flexibility index (Phi) is 5.75. The van der Waals surface area contributed by atoms with Crippen molar-refractivity contribution < 1.29 is 23.9 Å². The Hall–Kier alpha value is -3.24. The number of rotatable bonds is 5. The van der Waals surface area contributed by atoms with Crippen molar-refractivity contribution in [1.82, 2.24) is 25.9 Å². The summed E-state index contributed by atoms with van der Waals surface area (Å²) in [6.07, 6.45) is 4.90. The molecule has 0 bridgehead atoms. The molecular weight excluding hydrogens is 404 g/mol. The quantitative estimate of drug-likeness (QED) is 0.517. The third-order valence-corrected chi connectivity index (χ3v) is 6.15. The number of carbonyl (C=O) groups is 4. The van der Waals surface area contributed by atoms with Crippen molar-refractivity contribution in [3.8, 4) is 0 Å². The van der Waals surface area contributed by atoms with Gasteiger partial charge >= 0.3 is 12.0 Å². The zero-order chi connectivity index (χ0) is 22.0. The zero-order valence-electron chi connectivity index (χ0n) is 17.4. The number of carbonyl (C=O) groups excluding carboxylic acids is 4. The summed E-state index contributed by atoms with van der Waals surface area (Å²) >= 11 is 0.